The van der Waals surface area contributed by atoms with Crippen LogP contribution < -0.4 is 16.8 Å². The molecule has 0 saturated heterocycles. The lowest BCUT2D eigenvalue weighted by Crippen LogP contribution is -2.23. The molecule has 0 radical (unpaired) electrons. The molecule has 5 N–H and O–H groups in total. The second-order valence-electron chi connectivity index (χ2n) is 3.37. The number of carbonyl (C=O) groups excluding carboxylic acids is 1. The van der Waals surface area contributed by atoms with Gasteiger partial charge in [0.05, 0.1) is 0 Å². The number of nitrogen functional groups attached to an aromatic ring is 1. The molecule has 1 rings (SSSR count). The maximum absolute atomic E-state index is 11.3. The van der Waals surface area contributed by atoms with Crippen LogP contribution in [0.3, 0.4) is 0 Å². The van der Waals surface area contributed by atoms with Crippen molar-refractivity contribution in [1.29, 1.82) is 0 Å². The fourth-order valence-corrected chi connectivity index (χ4v) is 1.24. The van der Waals surface area contributed by atoms with Crippen LogP contribution in [0.1, 0.15) is 18.4 Å². The third kappa shape index (κ3) is 3.99. The summed E-state index contributed by atoms with van der Waals surface area (Å²) in [5.41, 5.74) is 12.7. The van der Waals surface area contributed by atoms with Crippen LogP contribution >= 0.6 is 0 Å². The molecule has 0 aromatic heterocycles. The molecule has 4 nitrogen and oxygen atoms in total. The van der Waals surface area contributed by atoms with Gasteiger partial charge in [0.1, 0.15) is 0 Å². The van der Waals surface area contributed by atoms with E-state index in [0.29, 0.717) is 25.2 Å². The summed E-state index contributed by atoms with van der Waals surface area (Å²) in [5, 5.41) is 2.80. The minimum Gasteiger partial charge on any atom is -0.398 e. The number of hydrogen-bond donors (Lipinski definition) is 3. The van der Waals surface area contributed by atoms with Crippen LogP contribution in [0.25, 0.3) is 0 Å². The smallest absolute Gasteiger partial charge is 0.220 e. The third-order valence-electron chi connectivity index (χ3n) is 2.14. The van der Waals surface area contributed by atoms with E-state index in [0.717, 1.165) is 12.0 Å². The van der Waals surface area contributed by atoms with Crippen LogP contribution in [0.2, 0.25) is 0 Å². The number of amides is 1. The molecule has 0 bridgehead atoms. The van der Waals surface area contributed by atoms with Crippen LogP contribution in [0.5, 0.6) is 0 Å². The second-order valence-corrected chi connectivity index (χ2v) is 3.37. The first-order valence-electron chi connectivity index (χ1n) is 5.04. The molecule has 15 heavy (non-hydrogen) atoms. The quantitative estimate of drug-likeness (QED) is 0.619. The van der Waals surface area contributed by atoms with E-state index in [2.05, 4.69) is 5.32 Å². The summed E-state index contributed by atoms with van der Waals surface area (Å²) in [6.07, 6.45) is 1.19. The van der Waals surface area contributed by atoms with E-state index >= 15 is 0 Å². The molecule has 0 unspecified atom stereocenters. The first-order chi connectivity index (χ1) is 7.24. The molecule has 0 heterocycles. The largest absolute Gasteiger partial charge is 0.398 e. The highest BCUT2D eigenvalue weighted by molar-refractivity contribution is 5.76. The van der Waals surface area contributed by atoms with Gasteiger partial charge in [-0.3, -0.25) is 4.79 Å². The van der Waals surface area contributed by atoms with Crippen molar-refractivity contribution in [2.75, 3.05) is 12.3 Å². The number of benzene rings is 1. The van der Waals surface area contributed by atoms with Gasteiger partial charge in [-0.15, -0.1) is 0 Å². The summed E-state index contributed by atoms with van der Waals surface area (Å²) in [7, 11) is 0. The van der Waals surface area contributed by atoms with Crippen molar-refractivity contribution in [2.24, 2.45) is 5.73 Å². The Morgan fingerprint density at radius 2 is 2.07 bits per heavy atom. The zero-order valence-electron chi connectivity index (χ0n) is 8.70. The average Bonchev–Trinajstić information content (AvgIpc) is 2.25. The normalized spacial score (nSPS) is 9.93. The lowest BCUT2D eigenvalue weighted by atomic mass is 10.2. The fourth-order valence-electron chi connectivity index (χ4n) is 1.24. The van der Waals surface area contributed by atoms with Gasteiger partial charge >= 0.3 is 0 Å². The predicted molar refractivity (Wildman–Crippen MR) is 61.0 cm³/mol. The van der Waals surface area contributed by atoms with Gasteiger partial charge < -0.3 is 16.8 Å². The van der Waals surface area contributed by atoms with Crippen molar-refractivity contribution < 1.29 is 4.79 Å². The topological polar surface area (TPSA) is 81.1 Å². The Labute approximate surface area is 89.6 Å². The summed E-state index contributed by atoms with van der Waals surface area (Å²) >= 11 is 0. The Morgan fingerprint density at radius 3 is 2.73 bits per heavy atom. The number of para-hydroxylation sites is 1. The van der Waals surface area contributed by atoms with Crippen LogP contribution in [0.4, 0.5) is 5.69 Å². The number of anilines is 1. The van der Waals surface area contributed by atoms with Gasteiger partial charge in [-0.1, -0.05) is 18.2 Å². The van der Waals surface area contributed by atoms with Gasteiger partial charge in [0.15, 0.2) is 0 Å². The number of hydrogen-bond acceptors (Lipinski definition) is 3. The van der Waals surface area contributed by atoms with Crippen molar-refractivity contribution in [1.82, 2.24) is 5.32 Å². The molecule has 0 aliphatic heterocycles. The zero-order valence-corrected chi connectivity index (χ0v) is 8.70. The Morgan fingerprint density at radius 1 is 1.33 bits per heavy atom. The van der Waals surface area contributed by atoms with E-state index < -0.39 is 0 Å². The summed E-state index contributed by atoms with van der Waals surface area (Å²) in [4.78, 5) is 11.3. The van der Waals surface area contributed by atoms with Crippen molar-refractivity contribution >= 4 is 11.6 Å². The highest BCUT2D eigenvalue weighted by atomic mass is 16.1. The molecular formula is C11H17N3O. The van der Waals surface area contributed by atoms with E-state index in [-0.39, 0.29) is 5.91 Å². The van der Waals surface area contributed by atoms with Gasteiger partial charge in [-0.25, -0.2) is 0 Å². The van der Waals surface area contributed by atoms with Crippen molar-refractivity contribution in [3.8, 4) is 0 Å². The molecule has 0 aliphatic rings. The first-order valence-corrected chi connectivity index (χ1v) is 5.04. The number of nitrogens with two attached hydrogens (primary N) is 2. The molecule has 0 spiro atoms. The number of nitrogens with one attached hydrogen (secondary N) is 1. The highest BCUT2D eigenvalue weighted by Gasteiger charge is 2.01. The minimum absolute atomic E-state index is 0.0173. The van der Waals surface area contributed by atoms with Crippen LogP contribution in [-0.2, 0) is 11.3 Å². The van der Waals surface area contributed by atoms with Crippen LogP contribution in [-0.4, -0.2) is 12.5 Å². The Balaban J connectivity index is 2.37. The predicted octanol–water partition coefficient (Wildman–Crippen LogP) is 0.624. The third-order valence-corrected chi connectivity index (χ3v) is 2.14. The molecule has 1 aromatic rings. The first kappa shape index (κ1) is 11.5. The Bertz CT molecular complexity index is 325. The summed E-state index contributed by atoms with van der Waals surface area (Å²) in [6.45, 7) is 1.02. The summed E-state index contributed by atoms with van der Waals surface area (Å²) < 4.78 is 0. The van der Waals surface area contributed by atoms with Gasteiger partial charge in [0, 0.05) is 18.7 Å². The summed E-state index contributed by atoms with van der Waals surface area (Å²) in [6, 6.07) is 7.49. The molecule has 1 amide bonds. The standard InChI is InChI=1S/C11H17N3O/c12-7-3-6-11(15)14-8-9-4-1-2-5-10(9)13/h1-2,4-5H,3,6-8,12-13H2,(H,14,15). The molecular weight excluding hydrogens is 190 g/mol. The number of carbonyl (C=O) groups is 1. The monoisotopic (exact) mass is 207 g/mol. The van der Waals surface area contributed by atoms with Crippen molar-refractivity contribution in [3.05, 3.63) is 29.8 Å². The van der Waals surface area contributed by atoms with Crippen LogP contribution in [0, 0.1) is 0 Å². The molecule has 0 fully saturated rings. The molecule has 0 atom stereocenters. The van der Waals surface area contributed by atoms with E-state index in [1.54, 1.807) is 0 Å². The fraction of sp³-hybridized carbons (Fsp3) is 0.364. The van der Waals surface area contributed by atoms with E-state index in [4.69, 9.17) is 11.5 Å². The van der Waals surface area contributed by atoms with E-state index in [1.807, 2.05) is 24.3 Å². The van der Waals surface area contributed by atoms with Crippen molar-refractivity contribution in [3.63, 3.8) is 0 Å². The molecule has 82 valence electrons. The minimum atomic E-state index is 0.0173. The lowest BCUT2D eigenvalue weighted by molar-refractivity contribution is -0.121. The van der Waals surface area contributed by atoms with E-state index in [1.165, 1.54) is 0 Å². The van der Waals surface area contributed by atoms with Gasteiger partial charge in [0.2, 0.25) is 5.91 Å². The van der Waals surface area contributed by atoms with Gasteiger partial charge in [0.25, 0.3) is 0 Å². The van der Waals surface area contributed by atoms with Crippen LogP contribution in [0.15, 0.2) is 24.3 Å². The summed E-state index contributed by atoms with van der Waals surface area (Å²) in [5.74, 6) is 0.0173. The Hall–Kier alpha value is -1.55. The molecule has 4 heteroatoms. The van der Waals surface area contributed by atoms with Gasteiger partial charge in [-0.05, 0) is 24.6 Å². The number of rotatable bonds is 5. The van der Waals surface area contributed by atoms with E-state index in [9.17, 15) is 4.79 Å². The maximum atomic E-state index is 11.3. The van der Waals surface area contributed by atoms with Gasteiger partial charge in [-0.2, -0.15) is 0 Å². The Kier molecular flexibility index (Phi) is 4.63. The molecule has 0 aliphatic carbocycles. The highest BCUT2D eigenvalue weighted by Crippen LogP contribution is 2.09. The SMILES string of the molecule is NCCCC(=O)NCc1ccccc1N. The maximum Gasteiger partial charge on any atom is 0.220 e. The average molecular weight is 207 g/mol. The zero-order chi connectivity index (χ0) is 11.1. The second kappa shape index (κ2) is 6.03. The molecule has 0 saturated carbocycles. The lowest BCUT2D eigenvalue weighted by Gasteiger charge is -2.07. The molecule has 1 aromatic carbocycles. The van der Waals surface area contributed by atoms with Crippen molar-refractivity contribution in [2.45, 2.75) is 19.4 Å².